The molecule has 0 unspecified atom stereocenters. The quantitative estimate of drug-likeness (QED) is 0.860. The van der Waals surface area contributed by atoms with E-state index < -0.39 is 0 Å². The van der Waals surface area contributed by atoms with Crippen LogP contribution in [0.4, 0.5) is 0 Å². The molecule has 0 aromatic heterocycles. The lowest BCUT2D eigenvalue weighted by Gasteiger charge is -2.18. The highest BCUT2D eigenvalue weighted by Gasteiger charge is 2.10. The molecular formula is C11H16ClNO2. The first-order valence-electron chi connectivity index (χ1n) is 4.99. The third kappa shape index (κ3) is 3.01. The molecule has 1 aliphatic heterocycles. The molecule has 1 N–H and O–H groups in total. The van der Waals surface area contributed by atoms with Gasteiger partial charge in [0.2, 0.25) is 0 Å². The molecule has 3 nitrogen and oxygen atoms in total. The van der Waals surface area contributed by atoms with Crippen LogP contribution < -0.4 is 14.8 Å². The van der Waals surface area contributed by atoms with Gasteiger partial charge in [0.1, 0.15) is 13.2 Å². The van der Waals surface area contributed by atoms with E-state index >= 15 is 0 Å². The fourth-order valence-corrected chi connectivity index (χ4v) is 1.47. The summed E-state index contributed by atoms with van der Waals surface area (Å²) in [5.41, 5.74) is 1.23. The molecule has 4 heteroatoms. The fraction of sp³-hybridized carbons (Fsp3) is 0.455. The van der Waals surface area contributed by atoms with Crippen molar-refractivity contribution in [1.82, 2.24) is 5.32 Å². The lowest BCUT2D eigenvalue weighted by molar-refractivity contribution is 0.171. The minimum Gasteiger partial charge on any atom is -0.486 e. The molecule has 1 aromatic carbocycles. The zero-order valence-electron chi connectivity index (χ0n) is 8.79. The van der Waals surface area contributed by atoms with Crippen molar-refractivity contribution < 1.29 is 9.47 Å². The van der Waals surface area contributed by atoms with Gasteiger partial charge in [-0.2, -0.15) is 0 Å². The maximum Gasteiger partial charge on any atom is 0.161 e. The Morgan fingerprint density at radius 2 is 1.93 bits per heavy atom. The molecule has 2 rings (SSSR count). The molecule has 1 heterocycles. The maximum atomic E-state index is 5.49. The lowest BCUT2D eigenvalue weighted by atomic mass is 10.2. The van der Waals surface area contributed by atoms with Gasteiger partial charge in [0.25, 0.3) is 0 Å². The van der Waals surface area contributed by atoms with Crippen LogP contribution >= 0.6 is 12.4 Å². The highest BCUT2D eigenvalue weighted by atomic mass is 35.5. The first-order chi connectivity index (χ1) is 6.90. The summed E-state index contributed by atoms with van der Waals surface area (Å²) in [5.74, 6) is 1.73. The van der Waals surface area contributed by atoms with E-state index in [-0.39, 0.29) is 12.4 Å². The van der Waals surface area contributed by atoms with Gasteiger partial charge in [-0.25, -0.2) is 0 Å². The van der Waals surface area contributed by atoms with E-state index in [2.05, 4.69) is 18.3 Å². The average Bonchev–Trinajstić information content (AvgIpc) is 2.26. The monoisotopic (exact) mass is 229 g/mol. The van der Waals surface area contributed by atoms with Gasteiger partial charge in [-0.1, -0.05) is 13.0 Å². The van der Waals surface area contributed by atoms with E-state index in [1.165, 1.54) is 5.56 Å². The van der Waals surface area contributed by atoms with Crippen LogP contribution in [-0.2, 0) is 6.54 Å². The van der Waals surface area contributed by atoms with Gasteiger partial charge in [-0.3, -0.25) is 0 Å². The number of ether oxygens (including phenoxy) is 2. The molecule has 0 spiro atoms. The molecule has 0 aliphatic carbocycles. The summed E-state index contributed by atoms with van der Waals surface area (Å²) in [5, 5.41) is 3.27. The summed E-state index contributed by atoms with van der Waals surface area (Å²) >= 11 is 0. The van der Waals surface area contributed by atoms with Crippen LogP contribution in [0.15, 0.2) is 18.2 Å². The van der Waals surface area contributed by atoms with Crippen molar-refractivity contribution >= 4 is 12.4 Å². The van der Waals surface area contributed by atoms with E-state index in [4.69, 9.17) is 9.47 Å². The second-order valence-electron chi connectivity index (χ2n) is 3.26. The molecular weight excluding hydrogens is 214 g/mol. The Kier molecular flexibility index (Phi) is 4.72. The van der Waals surface area contributed by atoms with Crippen LogP contribution in [-0.4, -0.2) is 19.8 Å². The minimum atomic E-state index is 0. The number of benzene rings is 1. The molecule has 15 heavy (non-hydrogen) atoms. The summed E-state index contributed by atoms with van der Waals surface area (Å²) in [7, 11) is 0. The molecule has 0 atom stereocenters. The number of hydrogen-bond donors (Lipinski definition) is 1. The van der Waals surface area contributed by atoms with E-state index in [1.807, 2.05) is 12.1 Å². The molecule has 1 aliphatic rings. The fourth-order valence-electron chi connectivity index (χ4n) is 1.47. The summed E-state index contributed by atoms with van der Waals surface area (Å²) in [6, 6.07) is 6.08. The predicted octanol–water partition coefficient (Wildman–Crippen LogP) is 1.99. The zero-order valence-corrected chi connectivity index (χ0v) is 9.60. The molecule has 0 amide bonds. The normalized spacial score (nSPS) is 13.1. The van der Waals surface area contributed by atoms with Gasteiger partial charge in [0.15, 0.2) is 11.5 Å². The van der Waals surface area contributed by atoms with Gasteiger partial charge >= 0.3 is 0 Å². The first kappa shape index (κ1) is 12.1. The van der Waals surface area contributed by atoms with Crippen LogP contribution in [0.2, 0.25) is 0 Å². The van der Waals surface area contributed by atoms with Gasteiger partial charge in [-0.05, 0) is 24.2 Å². The Morgan fingerprint density at radius 1 is 1.20 bits per heavy atom. The van der Waals surface area contributed by atoms with E-state index in [1.54, 1.807) is 0 Å². The van der Waals surface area contributed by atoms with E-state index in [0.29, 0.717) is 13.2 Å². The smallest absolute Gasteiger partial charge is 0.161 e. The average molecular weight is 230 g/mol. The number of nitrogens with one attached hydrogen (secondary N) is 1. The second-order valence-corrected chi connectivity index (χ2v) is 3.26. The van der Waals surface area contributed by atoms with E-state index in [0.717, 1.165) is 24.6 Å². The first-order valence-corrected chi connectivity index (χ1v) is 4.99. The van der Waals surface area contributed by atoms with E-state index in [9.17, 15) is 0 Å². The Labute approximate surface area is 96.2 Å². The standard InChI is InChI=1S/C11H15NO2.ClH/c1-2-12-8-9-3-4-10-11(7-9)14-6-5-13-10;/h3-4,7,12H,2,5-6,8H2,1H3;1H. The van der Waals surface area contributed by atoms with Crippen molar-refractivity contribution in [3.63, 3.8) is 0 Å². The van der Waals surface area contributed by atoms with Crippen LogP contribution in [0.3, 0.4) is 0 Å². The number of rotatable bonds is 3. The topological polar surface area (TPSA) is 30.5 Å². The molecule has 84 valence electrons. The number of hydrogen-bond acceptors (Lipinski definition) is 3. The van der Waals surface area contributed by atoms with Crippen molar-refractivity contribution in [3.05, 3.63) is 23.8 Å². The van der Waals surface area contributed by atoms with Gasteiger partial charge in [0.05, 0.1) is 0 Å². The number of fused-ring (bicyclic) bond motifs is 1. The van der Waals surface area contributed by atoms with Gasteiger partial charge in [0, 0.05) is 6.54 Å². The van der Waals surface area contributed by atoms with Crippen LogP contribution in [0, 0.1) is 0 Å². The van der Waals surface area contributed by atoms with Crippen LogP contribution in [0.25, 0.3) is 0 Å². The van der Waals surface area contributed by atoms with Crippen molar-refractivity contribution in [2.75, 3.05) is 19.8 Å². The SMILES string of the molecule is CCNCc1ccc2c(c1)OCCO2.Cl. The summed E-state index contributed by atoms with van der Waals surface area (Å²) in [6.07, 6.45) is 0. The second kappa shape index (κ2) is 5.83. The largest absolute Gasteiger partial charge is 0.486 e. The van der Waals surface area contributed by atoms with Gasteiger partial charge < -0.3 is 14.8 Å². The molecule has 0 fully saturated rings. The molecule has 0 saturated carbocycles. The van der Waals surface area contributed by atoms with Crippen LogP contribution in [0.1, 0.15) is 12.5 Å². The highest BCUT2D eigenvalue weighted by Crippen LogP contribution is 2.30. The predicted molar refractivity (Wildman–Crippen MR) is 62.1 cm³/mol. The molecule has 0 bridgehead atoms. The Morgan fingerprint density at radius 3 is 2.67 bits per heavy atom. The molecule has 0 radical (unpaired) electrons. The zero-order chi connectivity index (χ0) is 9.80. The molecule has 0 saturated heterocycles. The Balaban J connectivity index is 0.00000112. The summed E-state index contributed by atoms with van der Waals surface area (Å²) < 4.78 is 10.9. The highest BCUT2D eigenvalue weighted by molar-refractivity contribution is 5.85. The maximum absolute atomic E-state index is 5.49. The number of halogens is 1. The molecule has 1 aromatic rings. The van der Waals surface area contributed by atoms with Crippen molar-refractivity contribution in [2.45, 2.75) is 13.5 Å². The van der Waals surface area contributed by atoms with Crippen molar-refractivity contribution in [2.24, 2.45) is 0 Å². The minimum absolute atomic E-state index is 0. The summed E-state index contributed by atoms with van der Waals surface area (Å²) in [6.45, 7) is 5.26. The lowest BCUT2D eigenvalue weighted by Crippen LogP contribution is -2.16. The Bertz CT molecular complexity index is 317. The van der Waals surface area contributed by atoms with Crippen LogP contribution in [0.5, 0.6) is 11.5 Å². The Hall–Kier alpha value is -0.930. The van der Waals surface area contributed by atoms with Crippen molar-refractivity contribution in [3.8, 4) is 11.5 Å². The van der Waals surface area contributed by atoms with Gasteiger partial charge in [-0.15, -0.1) is 12.4 Å². The van der Waals surface area contributed by atoms with Crippen molar-refractivity contribution in [1.29, 1.82) is 0 Å². The third-order valence-corrected chi connectivity index (χ3v) is 2.19. The third-order valence-electron chi connectivity index (χ3n) is 2.19. The summed E-state index contributed by atoms with van der Waals surface area (Å²) in [4.78, 5) is 0.